The van der Waals surface area contributed by atoms with Crippen LogP contribution in [0.4, 0.5) is 4.39 Å². The summed E-state index contributed by atoms with van der Waals surface area (Å²) in [6.07, 6.45) is 5.92. The highest BCUT2D eigenvalue weighted by Gasteiger charge is 2.31. The Bertz CT molecular complexity index is 936. The van der Waals surface area contributed by atoms with Gasteiger partial charge in [0.1, 0.15) is 17.3 Å². The Kier molecular flexibility index (Phi) is 4.70. The quantitative estimate of drug-likeness (QED) is 0.694. The van der Waals surface area contributed by atoms with Gasteiger partial charge in [-0.3, -0.25) is 9.48 Å². The summed E-state index contributed by atoms with van der Waals surface area (Å²) in [5.41, 5.74) is 0.309. The van der Waals surface area contributed by atoms with E-state index in [0.29, 0.717) is 31.0 Å². The van der Waals surface area contributed by atoms with Crippen molar-refractivity contribution in [2.24, 2.45) is 0 Å². The molecule has 1 amide bonds. The minimum atomic E-state index is -0.390. The van der Waals surface area contributed by atoms with E-state index in [2.05, 4.69) is 15.2 Å². The fourth-order valence-electron chi connectivity index (χ4n) is 3.42. The molecule has 1 atom stereocenters. The zero-order valence-electron chi connectivity index (χ0n) is 15.1. The van der Waals surface area contributed by atoms with Crippen molar-refractivity contribution in [1.82, 2.24) is 29.4 Å². The molecule has 3 heterocycles. The van der Waals surface area contributed by atoms with Crippen LogP contribution in [0.15, 0.2) is 42.7 Å². The van der Waals surface area contributed by atoms with Gasteiger partial charge in [0.2, 0.25) is 5.82 Å². The summed E-state index contributed by atoms with van der Waals surface area (Å²) in [6, 6.07) is 8.42. The number of hydrogen-bond donors (Lipinski definition) is 0. The molecule has 0 saturated carbocycles. The summed E-state index contributed by atoms with van der Waals surface area (Å²) in [7, 11) is 0. The summed E-state index contributed by atoms with van der Waals surface area (Å²) in [5, 5.41) is 8.60. The number of aryl methyl sites for hydroxylation is 1. The second-order valence-corrected chi connectivity index (χ2v) is 6.64. The van der Waals surface area contributed by atoms with Gasteiger partial charge < -0.3 is 4.90 Å². The number of halogens is 1. The highest BCUT2D eigenvalue weighted by molar-refractivity contribution is 5.90. The number of amides is 1. The average molecular weight is 368 g/mol. The number of hydrogen-bond acceptors (Lipinski definition) is 4. The molecule has 1 aliphatic heterocycles. The van der Waals surface area contributed by atoms with Gasteiger partial charge in [0.15, 0.2) is 0 Å². The lowest BCUT2D eigenvalue weighted by molar-refractivity contribution is 0.0775. The van der Waals surface area contributed by atoms with Crippen LogP contribution in [0.25, 0.3) is 5.69 Å². The Hall–Kier alpha value is -3.03. The molecule has 3 aromatic rings. The molecule has 0 radical (unpaired) electrons. The fraction of sp³-hybridized carbons (Fsp3) is 0.368. The van der Waals surface area contributed by atoms with E-state index in [4.69, 9.17) is 0 Å². The first kappa shape index (κ1) is 17.4. The molecule has 4 rings (SSSR count). The van der Waals surface area contributed by atoms with Crippen LogP contribution in [0.1, 0.15) is 42.3 Å². The van der Waals surface area contributed by atoms with E-state index in [-0.39, 0.29) is 17.8 Å². The first-order chi connectivity index (χ1) is 13.2. The molecule has 1 fully saturated rings. The van der Waals surface area contributed by atoms with E-state index >= 15 is 0 Å². The summed E-state index contributed by atoms with van der Waals surface area (Å²) in [4.78, 5) is 19.1. The smallest absolute Gasteiger partial charge is 0.293 e. The van der Waals surface area contributed by atoms with Crippen LogP contribution in [0.2, 0.25) is 0 Å². The average Bonchev–Trinajstić information content (AvgIpc) is 3.42. The van der Waals surface area contributed by atoms with Crippen molar-refractivity contribution in [3.05, 3.63) is 60.2 Å². The predicted molar refractivity (Wildman–Crippen MR) is 97.1 cm³/mol. The van der Waals surface area contributed by atoms with Gasteiger partial charge in [-0.05, 0) is 31.0 Å². The molecule has 1 aromatic carbocycles. The predicted octanol–water partition coefficient (Wildman–Crippen LogP) is 2.64. The van der Waals surface area contributed by atoms with Crippen molar-refractivity contribution < 1.29 is 9.18 Å². The molecule has 1 aliphatic rings. The van der Waals surface area contributed by atoms with Crippen LogP contribution < -0.4 is 0 Å². The second-order valence-electron chi connectivity index (χ2n) is 6.64. The highest BCUT2D eigenvalue weighted by atomic mass is 19.1. The third-order valence-corrected chi connectivity index (χ3v) is 4.77. The van der Waals surface area contributed by atoms with Crippen molar-refractivity contribution in [3.8, 4) is 5.69 Å². The zero-order chi connectivity index (χ0) is 18.8. The van der Waals surface area contributed by atoms with E-state index in [1.54, 1.807) is 29.3 Å². The molecular formula is C19H21FN6O. The highest BCUT2D eigenvalue weighted by Crippen LogP contribution is 2.22. The molecular weight excluding hydrogens is 347 g/mol. The Morgan fingerprint density at radius 1 is 1.30 bits per heavy atom. The van der Waals surface area contributed by atoms with Gasteiger partial charge in [-0.25, -0.2) is 14.1 Å². The van der Waals surface area contributed by atoms with Gasteiger partial charge in [-0.15, -0.1) is 5.10 Å². The number of nitrogens with zero attached hydrogens (tertiary/aromatic N) is 6. The van der Waals surface area contributed by atoms with Crippen LogP contribution in [-0.2, 0) is 6.42 Å². The summed E-state index contributed by atoms with van der Waals surface area (Å²) >= 11 is 0. The van der Waals surface area contributed by atoms with Gasteiger partial charge in [0, 0.05) is 31.9 Å². The number of carbonyl (C=O) groups is 1. The SMILES string of the molecule is CCCc1nc(C(=O)N2CC[C@@H](n3cccn3)C2)nn1-c1ccccc1F. The number of rotatable bonds is 5. The maximum Gasteiger partial charge on any atom is 0.293 e. The van der Waals surface area contributed by atoms with E-state index in [1.165, 1.54) is 10.7 Å². The van der Waals surface area contributed by atoms with Crippen molar-refractivity contribution in [2.75, 3.05) is 13.1 Å². The normalized spacial score (nSPS) is 16.8. The maximum absolute atomic E-state index is 14.2. The summed E-state index contributed by atoms with van der Waals surface area (Å²) < 4.78 is 17.5. The maximum atomic E-state index is 14.2. The molecule has 27 heavy (non-hydrogen) atoms. The molecule has 0 bridgehead atoms. The molecule has 1 saturated heterocycles. The third kappa shape index (κ3) is 3.34. The van der Waals surface area contributed by atoms with Crippen LogP contribution in [0, 0.1) is 5.82 Å². The molecule has 2 aromatic heterocycles. The van der Waals surface area contributed by atoms with E-state index in [1.807, 2.05) is 23.9 Å². The molecule has 7 nitrogen and oxygen atoms in total. The van der Waals surface area contributed by atoms with E-state index in [9.17, 15) is 9.18 Å². The zero-order valence-corrected chi connectivity index (χ0v) is 15.1. The number of benzene rings is 1. The topological polar surface area (TPSA) is 68.8 Å². The largest absolute Gasteiger partial charge is 0.334 e. The van der Waals surface area contributed by atoms with Crippen LogP contribution in [0.5, 0.6) is 0 Å². The Balaban J connectivity index is 1.59. The Morgan fingerprint density at radius 3 is 2.89 bits per heavy atom. The minimum Gasteiger partial charge on any atom is -0.334 e. The monoisotopic (exact) mass is 368 g/mol. The van der Waals surface area contributed by atoms with Crippen LogP contribution in [-0.4, -0.2) is 48.4 Å². The first-order valence-electron chi connectivity index (χ1n) is 9.16. The van der Waals surface area contributed by atoms with E-state index in [0.717, 1.165) is 12.8 Å². The van der Waals surface area contributed by atoms with Crippen molar-refractivity contribution >= 4 is 5.91 Å². The van der Waals surface area contributed by atoms with E-state index < -0.39 is 5.82 Å². The van der Waals surface area contributed by atoms with Gasteiger partial charge in [0.05, 0.1) is 6.04 Å². The fourth-order valence-corrected chi connectivity index (χ4v) is 3.42. The number of aromatic nitrogens is 5. The van der Waals surface area contributed by atoms with Crippen molar-refractivity contribution in [2.45, 2.75) is 32.2 Å². The molecule has 140 valence electrons. The number of likely N-dealkylation sites (tertiary alicyclic amines) is 1. The lowest BCUT2D eigenvalue weighted by Gasteiger charge is -2.14. The molecule has 0 spiro atoms. The number of carbonyl (C=O) groups excluding carboxylic acids is 1. The molecule has 0 unspecified atom stereocenters. The lowest BCUT2D eigenvalue weighted by Crippen LogP contribution is -2.30. The lowest BCUT2D eigenvalue weighted by atomic mass is 10.3. The minimum absolute atomic E-state index is 0.114. The Morgan fingerprint density at radius 2 is 2.15 bits per heavy atom. The van der Waals surface area contributed by atoms with Crippen LogP contribution >= 0.6 is 0 Å². The Labute approximate surface area is 156 Å². The van der Waals surface area contributed by atoms with Gasteiger partial charge >= 0.3 is 0 Å². The number of para-hydroxylation sites is 1. The third-order valence-electron chi connectivity index (χ3n) is 4.77. The second kappa shape index (κ2) is 7.30. The van der Waals surface area contributed by atoms with Gasteiger partial charge in [-0.2, -0.15) is 5.10 Å². The first-order valence-corrected chi connectivity index (χ1v) is 9.16. The van der Waals surface area contributed by atoms with Gasteiger partial charge in [-0.1, -0.05) is 19.1 Å². The molecule has 8 heteroatoms. The molecule has 0 N–H and O–H groups in total. The summed E-state index contributed by atoms with van der Waals surface area (Å²) in [6.45, 7) is 3.20. The van der Waals surface area contributed by atoms with Gasteiger partial charge in [0.25, 0.3) is 5.91 Å². The molecule has 0 aliphatic carbocycles. The standard InChI is InChI=1S/C19H21FN6O/c1-2-6-17-22-18(23-26(17)16-8-4-3-7-15(16)20)19(27)24-12-9-14(13-24)25-11-5-10-21-25/h3-5,7-8,10-11,14H,2,6,9,12-13H2,1H3/t14-/m1/s1. The van der Waals surface area contributed by atoms with Crippen molar-refractivity contribution in [3.63, 3.8) is 0 Å². The summed E-state index contributed by atoms with van der Waals surface area (Å²) in [5.74, 6) is 0.0901. The van der Waals surface area contributed by atoms with Crippen molar-refractivity contribution in [1.29, 1.82) is 0 Å². The van der Waals surface area contributed by atoms with Crippen LogP contribution in [0.3, 0.4) is 0 Å².